The van der Waals surface area contributed by atoms with Crippen LogP contribution < -0.4 is 0 Å². The van der Waals surface area contributed by atoms with E-state index in [9.17, 15) is 9.59 Å². The van der Waals surface area contributed by atoms with E-state index in [4.69, 9.17) is 11.6 Å². The molecule has 1 aromatic carbocycles. The highest BCUT2D eigenvalue weighted by atomic mass is 35.5. The summed E-state index contributed by atoms with van der Waals surface area (Å²) in [4.78, 5) is 21.3. The second kappa shape index (κ2) is 6.08. The van der Waals surface area contributed by atoms with Gasteiger partial charge in [-0.05, 0) is 17.7 Å². The third-order valence-corrected chi connectivity index (χ3v) is 2.30. The van der Waals surface area contributed by atoms with E-state index < -0.39 is 0 Å². The van der Waals surface area contributed by atoms with Gasteiger partial charge in [0.1, 0.15) is 0 Å². The van der Waals surface area contributed by atoms with Gasteiger partial charge in [0.15, 0.2) is 6.29 Å². The molecule has 0 amide bonds. The monoisotopic (exact) mass is 238 g/mol. The van der Waals surface area contributed by atoms with Crippen molar-refractivity contribution in [2.45, 2.75) is 6.42 Å². The van der Waals surface area contributed by atoms with E-state index in [0.717, 1.165) is 5.56 Å². The minimum atomic E-state index is -0.299. The summed E-state index contributed by atoms with van der Waals surface area (Å²) in [7, 11) is 1.34. The molecule has 16 heavy (non-hydrogen) atoms. The number of carbonyl (C=O) groups is 2. The lowest BCUT2D eigenvalue weighted by Crippen LogP contribution is -1.96. The molecule has 0 aliphatic heterocycles. The fourth-order valence-electron chi connectivity index (χ4n) is 1.12. The quantitative estimate of drug-likeness (QED) is 0.598. The van der Waals surface area contributed by atoms with E-state index in [1.165, 1.54) is 7.11 Å². The number of halogens is 1. The molecule has 0 saturated heterocycles. The molecule has 0 aromatic heterocycles. The Morgan fingerprint density at radius 2 is 2.25 bits per heavy atom. The van der Waals surface area contributed by atoms with E-state index >= 15 is 0 Å². The van der Waals surface area contributed by atoms with Crippen LogP contribution >= 0.6 is 11.6 Å². The third-order valence-electron chi connectivity index (χ3n) is 1.97. The Hall–Kier alpha value is -1.61. The van der Waals surface area contributed by atoms with Crippen molar-refractivity contribution >= 4 is 29.9 Å². The predicted octanol–water partition coefficient (Wildman–Crippen LogP) is 2.73. The lowest BCUT2D eigenvalue weighted by molar-refractivity contribution is -0.139. The average Bonchev–Trinajstić information content (AvgIpc) is 2.29. The normalized spacial score (nSPS) is 10.4. The van der Waals surface area contributed by atoms with Gasteiger partial charge in [-0.3, -0.25) is 9.59 Å². The van der Waals surface area contributed by atoms with Gasteiger partial charge in [-0.1, -0.05) is 29.8 Å². The maximum absolute atomic E-state index is 10.8. The summed E-state index contributed by atoms with van der Waals surface area (Å²) >= 11 is 5.84. The van der Waals surface area contributed by atoms with E-state index in [-0.39, 0.29) is 12.4 Å². The molecule has 84 valence electrons. The smallest absolute Gasteiger partial charge is 0.309 e. The summed E-state index contributed by atoms with van der Waals surface area (Å²) in [6, 6.07) is 5.05. The molecular formula is C12H11ClO3. The summed E-state index contributed by atoms with van der Waals surface area (Å²) in [6.07, 6.45) is 4.34. The summed E-state index contributed by atoms with van der Waals surface area (Å²) in [5.41, 5.74) is 1.28. The Bertz CT molecular complexity index is 424. The van der Waals surface area contributed by atoms with Gasteiger partial charge in [0, 0.05) is 5.56 Å². The van der Waals surface area contributed by atoms with Crippen LogP contribution in [0.15, 0.2) is 24.3 Å². The highest BCUT2D eigenvalue weighted by Crippen LogP contribution is 2.17. The molecule has 0 aliphatic carbocycles. The van der Waals surface area contributed by atoms with Gasteiger partial charge in [0.25, 0.3) is 0 Å². The van der Waals surface area contributed by atoms with Crippen LogP contribution in [0, 0.1) is 0 Å². The molecule has 0 saturated carbocycles. The standard InChI is InChI=1S/C12H11ClO3/c1-16-12(15)4-2-3-9-5-6-10(8-14)11(13)7-9/h2-3,5-8H,4H2,1H3. The van der Waals surface area contributed by atoms with Gasteiger partial charge < -0.3 is 4.74 Å². The molecule has 0 radical (unpaired) electrons. The number of benzene rings is 1. The van der Waals surface area contributed by atoms with Crippen LogP contribution in [0.5, 0.6) is 0 Å². The lowest BCUT2D eigenvalue weighted by atomic mass is 10.1. The van der Waals surface area contributed by atoms with Crippen LogP contribution in [-0.2, 0) is 9.53 Å². The molecular weight excluding hydrogens is 228 g/mol. The molecule has 0 spiro atoms. The minimum Gasteiger partial charge on any atom is -0.469 e. The highest BCUT2D eigenvalue weighted by molar-refractivity contribution is 6.33. The minimum absolute atomic E-state index is 0.212. The van der Waals surface area contributed by atoms with Gasteiger partial charge in [0.05, 0.1) is 18.6 Å². The van der Waals surface area contributed by atoms with E-state index in [1.807, 2.05) is 0 Å². The maximum atomic E-state index is 10.8. The van der Waals surface area contributed by atoms with Crippen molar-refractivity contribution in [3.8, 4) is 0 Å². The van der Waals surface area contributed by atoms with Gasteiger partial charge in [-0.2, -0.15) is 0 Å². The Morgan fingerprint density at radius 1 is 1.50 bits per heavy atom. The number of rotatable bonds is 4. The van der Waals surface area contributed by atoms with Crippen molar-refractivity contribution in [2.24, 2.45) is 0 Å². The van der Waals surface area contributed by atoms with Crippen molar-refractivity contribution in [3.63, 3.8) is 0 Å². The van der Waals surface area contributed by atoms with Gasteiger partial charge in [-0.25, -0.2) is 0 Å². The largest absolute Gasteiger partial charge is 0.469 e. The second-order valence-electron chi connectivity index (χ2n) is 3.08. The molecule has 0 unspecified atom stereocenters. The summed E-state index contributed by atoms with van der Waals surface area (Å²) in [5.74, 6) is -0.299. The zero-order valence-corrected chi connectivity index (χ0v) is 9.53. The third kappa shape index (κ3) is 3.51. The summed E-state index contributed by atoms with van der Waals surface area (Å²) in [6.45, 7) is 0. The molecule has 1 rings (SSSR count). The molecule has 1 aromatic rings. The van der Waals surface area contributed by atoms with Gasteiger partial charge in [-0.15, -0.1) is 0 Å². The molecule has 0 atom stereocenters. The van der Waals surface area contributed by atoms with Crippen LogP contribution in [0.3, 0.4) is 0 Å². The molecule has 0 bridgehead atoms. The highest BCUT2D eigenvalue weighted by Gasteiger charge is 1.99. The van der Waals surface area contributed by atoms with E-state index in [0.29, 0.717) is 16.9 Å². The fraction of sp³-hybridized carbons (Fsp3) is 0.167. The topological polar surface area (TPSA) is 43.4 Å². The number of ether oxygens (including phenoxy) is 1. The number of carbonyl (C=O) groups excluding carboxylic acids is 2. The SMILES string of the molecule is COC(=O)CC=Cc1ccc(C=O)c(Cl)c1. The number of aldehydes is 1. The Kier molecular flexibility index (Phi) is 4.73. The zero-order valence-electron chi connectivity index (χ0n) is 8.77. The first-order valence-electron chi connectivity index (χ1n) is 4.65. The molecule has 0 aliphatic rings. The van der Waals surface area contributed by atoms with Crippen LogP contribution in [0.4, 0.5) is 0 Å². The van der Waals surface area contributed by atoms with Gasteiger partial charge >= 0.3 is 5.97 Å². The van der Waals surface area contributed by atoms with Crippen molar-refractivity contribution < 1.29 is 14.3 Å². The lowest BCUT2D eigenvalue weighted by Gasteiger charge is -1.98. The van der Waals surface area contributed by atoms with E-state index in [2.05, 4.69) is 4.74 Å². The zero-order chi connectivity index (χ0) is 12.0. The number of hydrogen-bond acceptors (Lipinski definition) is 3. The fourth-order valence-corrected chi connectivity index (χ4v) is 1.35. The van der Waals surface area contributed by atoms with Crippen LogP contribution in [-0.4, -0.2) is 19.4 Å². The summed E-state index contributed by atoms with van der Waals surface area (Å²) < 4.78 is 4.49. The Labute approximate surface area is 98.7 Å². The molecule has 0 N–H and O–H groups in total. The Balaban J connectivity index is 2.71. The second-order valence-corrected chi connectivity index (χ2v) is 3.49. The van der Waals surface area contributed by atoms with Crippen molar-refractivity contribution in [1.82, 2.24) is 0 Å². The first-order chi connectivity index (χ1) is 7.67. The number of esters is 1. The van der Waals surface area contributed by atoms with Crippen LogP contribution in [0.2, 0.25) is 5.02 Å². The molecule has 0 fully saturated rings. The van der Waals surface area contributed by atoms with Crippen molar-refractivity contribution in [2.75, 3.05) is 7.11 Å². The number of methoxy groups -OCH3 is 1. The van der Waals surface area contributed by atoms with E-state index in [1.54, 1.807) is 30.4 Å². The Morgan fingerprint density at radius 3 is 2.81 bits per heavy atom. The molecule has 3 nitrogen and oxygen atoms in total. The van der Waals surface area contributed by atoms with Crippen molar-refractivity contribution in [1.29, 1.82) is 0 Å². The van der Waals surface area contributed by atoms with Crippen molar-refractivity contribution in [3.05, 3.63) is 40.4 Å². The first kappa shape index (κ1) is 12.5. The molecule has 0 heterocycles. The average molecular weight is 239 g/mol. The first-order valence-corrected chi connectivity index (χ1v) is 5.03. The number of hydrogen-bond donors (Lipinski definition) is 0. The van der Waals surface area contributed by atoms with Crippen LogP contribution in [0.25, 0.3) is 6.08 Å². The predicted molar refractivity (Wildman–Crippen MR) is 62.5 cm³/mol. The molecule has 4 heteroatoms. The summed E-state index contributed by atoms with van der Waals surface area (Å²) in [5, 5.41) is 0.398. The van der Waals surface area contributed by atoms with Crippen LogP contribution in [0.1, 0.15) is 22.3 Å². The van der Waals surface area contributed by atoms with Gasteiger partial charge in [0.2, 0.25) is 0 Å². The maximum Gasteiger partial charge on any atom is 0.309 e.